The van der Waals surface area contributed by atoms with Crippen LogP contribution in [0.1, 0.15) is 40.8 Å². The maximum Gasteiger partial charge on any atom is 0.226 e. The van der Waals surface area contributed by atoms with Crippen LogP contribution in [0.5, 0.6) is 11.5 Å². The first-order valence-corrected chi connectivity index (χ1v) is 12.4. The smallest absolute Gasteiger partial charge is 0.226 e. The molecule has 6 rings (SSSR count). The molecule has 2 aromatic carbocycles. The van der Waals surface area contributed by atoms with E-state index in [1.807, 2.05) is 54.6 Å². The highest BCUT2D eigenvalue weighted by Crippen LogP contribution is 2.45. The number of thiophene rings is 1. The fourth-order valence-corrected chi connectivity index (χ4v) is 5.72. The molecular weight excluding hydrogens is 460 g/mol. The number of ether oxygens (including phenoxy) is 2. The van der Waals surface area contributed by atoms with Crippen molar-refractivity contribution in [2.75, 3.05) is 12.4 Å². The first-order valence-electron chi connectivity index (χ1n) is 11.5. The van der Waals surface area contributed by atoms with Gasteiger partial charge in [0.25, 0.3) is 0 Å². The van der Waals surface area contributed by atoms with Gasteiger partial charge in [-0.25, -0.2) is 4.68 Å². The minimum atomic E-state index is -0.377. The quantitative estimate of drug-likeness (QED) is 0.398. The number of ketones is 1. The summed E-state index contributed by atoms with van der Waals surface area (Å²) in [7, 11) is 1.62. The molecule has 1 aliphatic carbocycles. The van der Waals surface area contributed by atoms with Gasteiger partial charge in [-0.3, -0.25) is 4.79 Å². The van der Waals surface area contributed by atoms with Crippen molar-refractivity contribution in [3.8, 4) is 11.5 Å². The fraction of sp³-hybridized carbons (Fsp3) is 0.222. The number of carbonyl (C=O) groups excluding carboxylic acids is 1. The Balaban J connectivity index is 1.35. The third kappa shape index (κ3) is 4.00. The van der Waals surface area contributed by atoms with Crippen LogP contribution in [0.15, 0.2) is 83.6 Å². The molecule has 3 heterocycles. The van der Waals surface area contributed by atoms with E-state index in [0.717, 1.165) is 28.8 Å². The van der Waals surface area contributed by atoms with Crippen molar-refractivity contribution in [1.29, 1.82) is 0 Å². The van der Waals surface area contributed by atoms with Crippen LogP contribution in [0.4, 0.5) is 5.95 Å². The lowest BCUT2D eigenvalue weighted by atomic mass is 9.80. The van der Waals surface area contributed by atoms with Crippen LogP contribution in [0.2, 0.25) is 0 Å². The van der Waals surface area contributed by atoms with Gasteiger partial charge in [0, 0.05) is 28.5 Å². The van der Waals surface area contributed by atoms with Gasteiger partial charge in [0.05, 0.1) is 7.11 Å². The molecule has 0 unspecified atom stereocenters. The Morgan fingerprint density at radius 2 is 1.97 bits per heavy atom. The number of anilines is 1. The van der Waals surface area contributed by atoms with Gasteiger partial charge >= 0.3 is 0 Å². The van der Waals surface area contributed by atoms with E-state index in [2.05, 4.69) is 26.8 Å². The Kier molecular flexibility index (Phi) is 5.58. The number of methoxy groups -OCH3 is 1. The van der Waals surface area contributed by atoms with Gasteiger partial charge in [0.15, 0.2) is 17.3 Å². The fourth-order valence-electron chi connectivity index (χ4n) is 4.89. The minimum Gasteiger partial charge on any atom is -0.493 e. The van der Waals surface area contributed by atoms with Crippen molar-refractivity contribution in [1.82, 2.24) is 14.8 Å². The number of benzene rings is 2. The standard InChI is InChI=1S/C27H24N4O3S/c1-33-23-14-18(9-10-22(23)34-15-17-6-3-2-4-7-17)26-25-20(30-27-28-16-29-31(26)27)12-19(13-21(25)32)24-8-5-11-35-24/h2-11,14,16,19,26H,12-13,15H2,1H3,(H,28,29,30)/t19-,26-/m0/s1. The van der Waals surface area contributed by atoms with Gasteiger partial charge < -0.3 is 14.8 Å². The van der Waals surface area contributed by atoms with Crippen molar-refractivity contribution < 1.29 is 14.3 Å². The zero-order valence-electron chi connectivity index (χ0n) is 19.2. The van der Waals surface area contributed by atoms with E-state index >= 15 is 0 Å². The number of aromatic nitrogens is 3. The van der Waals surface area contributed by atoms with Gasteiger partial charge in [-0.2, -0.15) is 10.1 Å². The molecule has 0 bridgehead atoms. The number of rotatable bonds is 6. The third-order valence-electron chi connectivity index (χ3n) is 6.55. The molecule has 0 saturated carbocycles. The number of allylic oxidation sites excluding steroid dienone is 2. The number of hydrogen-bond acceptors (Lipinski definition) is 7. The molecule has 7 nitrogen and oxygen atoms in total. The van der Waals surface area contributed by atoms with Gasteiger partial charge in [0.2, 0.25) is 5.95 Å². The molecule has 8 heteroatoms. The van der Waals surface area contributed by atoms with E-state index in [9.17, 15) is 4.79 Å². The predicted molar refractivity (Wildman–Crippen MR) is 134 cm³/mol. The SMILES string of the molecule is COc1cc([C@H]2C3=C(C[C@H](c4cccs4)CC3=O)Nc3ncnn32)ccc1OCc1ccccc1. The zero-order valence-corrected chi connectivity index (χ0v) is 20.0. The van der Waals surface area contributed by atoms with E-state index in [-0.39, 0.29) is 17.7 Å². The van der Waals surface area contributed by atoms with Gasteiger partial charge in [0.1, 0.15) is 19.0 Å². The molecule has 0 saturated heterocycles. The predicted octanol–water partition coefficient (Wildman–Crippen LogP) is 5.34. The molecule has 0 radical (unpaired) electrons. The number of hydrogen-bond donors (Lipinski definition) is 1. The first-order chi connectivity index (χ1) is 17.2. The molecular formula is C27H24N4O3S. The van der Waals surface area contributed by atoms with E-state index in [4.69, 9.17) is 9.47 Å². The molecule has 2 aromatic heterocycles. The highest BCUT2D eigenvalue weighted by molar-refractivity contribution is 7.10. The summed E-state index contributed by atoms with van der Waals surface area (Å²) in [5, 5.41) is 9.89. The number of nitrogens with zero attached hydrogens (tertiary/aromatic N) is 3. The summed E-state index contributed by atoms with van der Waals surface area (Å²) < 4.78 is 13.5. The maximum atomic E-state index is 13.5. The Hall–Kier alpha value is -3.91. The summed E-state index contributed by atoms with van der Waals surface area (Å²) in [6.45, 7) is 0.439. The Morgan fingerprint density at radius 1 is 1.09 bits per heavy atom. The maximum absolute atomic E-state index is 13.5. The molecule has 176 valence electrons. The van der Waals surface area contributed by atoms with Gasteiger partial charge in [-0.15, -0.1) is 11.3 Å². The zero-order chi connectivity index (χ0) is 23.8. The van der Waals surface area contributed by atoms with Gasteiger partial charge in [-0.05, 0) is 41.1 Å². The second-order valence-corrected chi connectivity index (χ2v) is 9.66. The van der Waals surface area contributed by atoms with Crippen molar-refractivity contribution in [2.24, 2.45) is 0 Å². The van der Waals surface area contributed by atoms with E-state index < -0.39 is 0 Å². The topological polar surface area (TPSA) is 78.3 Å². The number of nitrogens with one attached hydrogen (secondary N) is 1. The summed E-state index contributed by atoms with van der Waals surface area (Å²) in [6.07, 6.45) is 2.76. The van der Waals surface area contributed by atoms with Crippen molar-refractivity contribution in [3.05, 3.63) is 99.6 Å². The average molecular weight is 485 g/mol. The summed E-state index contributed by atoms with van der Waals surface area (Å²) in [5.41, 5.74) is 3.65. The highest BCUT2D eigenvalue weighted by Gasteiger charge is 2.39. The Bertz CT molecular complexity index is 1400. The van der Waals surface area contributed by atoms with E-state index in [1.54, 1.807) is 23.1 Å². The number of Topliss-reactive ketones (excluding diaryl/α,β-unsaturated/α-hetero) is 1. The summed E-state index contributed by atoms with van der Waals surface area (Å²) in [6, 6.07) is 19.6. The Labute approximate surface area is 207 Å². The molecule has 35 heavy (non-hydrogen) atoms. The summed E-state index contributed by atoms with van der Waals surface area (Å²) >= 11 is 1.70. The van der Waals surface area contributed by atoms with Crippen LogP contribution in [-0.2, 0) is 11.4 Å². The first kappa shape index (κ1) is 21.6. The third-order valence-corrected chi connectivity index (χ3v) is 7.58. The normalized spacial score (nSPS) is 19.1. The van der Waals surface area contributed by atoms with Crippen molar-refractivity contribution in [3.63, 3.8) is 0 Å². The second-order valence-electron chi connectivity index (χ2n) is 8.68. The largest absolute Gasteiger partial charge is 0.493 e. The molecule has 1 aliphatic heterocycles. The van der Waals surface area contributed by atoms with Crippen LogP contribution in [0.3, 0.4) is 0 Å². The highest BCUT2D eigenvalue weighted by atomic mass is 32.1. The van der Waals surface area contributed by atoms with E-state index in [1.165, 1.54) is 11.2 Å². The summed E-state index contributed by atoms with van der Waals surface area (Å²) in [5.74, 6) is 2.20. The molecule has 2 aliphatic rings. The molecule has 0 amide bonds. The van der Waals surface area contributed by atoms with Crippen LogP contribution in [0.25, 0.3) is 0 Å². The van der Waals surface area contributed by atoms with Crippen LogP contribution in [0, 0.1) is 0 Å². The lowest BCUT2D eigenvalue weighted by Gasteiger charge is -2.35. The Morgan fingerprint density at radius 3 is 2.77 bits per heavy atom. The minimum absolute atomic E-state index is 0.131. The monoisotopic (exact) mass is 484 g/mol. The molecule has 0 fully saturated rings. The molecule has 1 N–H and O–H groups in total. The lowest BCUT2D eigenvalue weighted by molar-refractivity contribution is -0.116. The van der Waals surface area contributed by atoms with Crippen molar-refractivity contribution >= 4 is 23.1 Å². The molecule has 2 atom stereocenters. The number of fused-ring (bicyclic) bond motifs is 1. The second kappa shape index (κ2) is 9.03. The van der Waals surface area contributed by atoms with Crippen LogP contribution >= 0.6 is 11.3 Å². The summed E-state index contributed by atoms with van der Waals surface area (Å²) in [4.78, 5) is 19.2. The lowest BCUT2D eigenvalue weighted by Crippen LogP contribution is -2.33. The molecule has 0 spiro atoms. The van der Waals surface area contributed by atoms with Gasteiger partial charge in [-0.1, -0.05) is 42.5 Å². The van der Waals surface area contributed by atoms with E-state index in [0.29, 0.717) is 30.5 Å². The van der Waals surface area contributed by atoms with Crippen LogP contribution in [-0.4, -0.2) is 27.7 Å². The molecule has 4 aromatic rings. The number of carbonyl (C=O) groups is 1. The van der Waals surface area contributed by atoms with Crippen molar-refractivity contribution in [2.45, 2.75) is 31.4 Å². The van der Waals surface area contributed by atoms with Crippen LogP contribution < -0.4 is 14.8 Å². The average Bonchev–Trinajstić information content (AvgIpc) is 3.59.